The van der Waals surface area contributed by atoms with Gasteiger partial charge in [-0.05, 0) is 66.7 Å². The molecular formula is C25H42N2O4S2. The molecule has 0 aromatic heterocycles. The number of sulfone groups is 1. The molecule has 0 bridgehead atoms. The van der Waals surface area contributed by atoms with Crippen LogP contribution in [0.2, 0.25) is 0 Å². The van der Waals surface area contributed by atoms with Crippen LogP contribution in [0.25, 0.3) is 0 Å². The third-order valence-electron chi connectivity index (χ3n) is 4.81. The van der Waals surface area contributed by atoms with Gasteiger partial charge in [-0.25, -0.2) is 8.42 Å². The van der Waals surface area contributed by atoms with Crippen molar-refractivity contribution in [1.82, 2.24) is 5.32 Å². The third kappa shape index (κ3) is 15.6. The topological polar surface area (TPSA) is 106 Å². The predicted octanol–water partition coefficient (Wildman–Crippen LogP) is 4.84. The molecule has 3 N–H and O–H groups in total. The fraction of sp³-hybridized carbons (Fsp3) is 0.600. The Hall–Kier alpha value is -1.80. The standard InChI is InChI=1S/C25H42N2O4S2/c1-18(2)10-8-11-20(5)12-9-13-22(15-14-19(3)4)16-17-32-25(33(7,30)31)23(24(26)29)27-21(6)28/h10,12,14,16,23,25H,8-9,11,13,15,17H2,1-7H3,(H2,26,29)(H,27,28). The number of thioether (sulfide) groups is 1. The highest BCUT2D eigenvalue weighted by molar-refractivity contribution is 8.13. The summed E-state index contributed by atoms with van der Waals surface area (Å²) < 4.78 is 23.5. The molecule has 2 atom stereocenters. The minimum atomic E-state index is -3.63. The summed E-state index contributed by atoms with van der Waals surface area (Å²) in [5.74, 6) is -0.966. The van der Waals surface area contributed by atoms with Gasteiger partial charge in [-0.15, -0.1) is 11.8 Å². The first-order valence-corrected chi connectivity index (χ1v) is 14.2. The number of carbonyl (C=O) groups is 2. The van der Waals surface area contributed by atoms with Crippen molar-refractivity contribution in [3.63, 3.8) is 0 Å². The van der Waals surface area contributed by atoms with Crippen LogP contribution in [0.1, 0.15) is 73.6 Å². The average Bonchev–Trinajstić information content (AvgIpc) is 2.65. The van der Waals surface area contributed by atoms with Crippen LogP contribution in [0.5, 0.6) is 0 Å². The summed E-state index contributed by atoms with van der Waals surface area (Å²) in [4.78, 5) is 23.3. The maximum atomic E-state index is 12.3. The first kappa shape index (κ1) is 31.2. The van der Waals surface area contributed by atoms with E-state index in [1.807, 2.05) is 19.9 Å². The molecule has 0 fully saturated rings. The SMILES string of the molecule is CC(=O)NC(C(N)=O)C(SCC=C(CC=C(C)C)CCC=C(C)CCC=C(C)C)S(C)(=O)=O. The molecule has 2 unspecified atom stereocenters. The van der Waals surface area contributed by atoms with E-state index in [1.54, 1.807) is 0 Å². The zero-order valence-electron chi connectivity index (χ0n) is 21.2. The Labute approximate surface area is 205 Å². The van der Waals surface area contributed by atoms with Gasteiger partial charge < -0.3 is 11.1 Å². The van der Waals surface area contributed by atoms with E-state index in [0.29, 0.717) is 5.75 Å². The number of carbonyl (C=O) groups excluding carboxylic acids is 2. The average molecular weight is 499 g/mol. The highest BCUT2D eigenvalue weighted by Crippen LogP contribution is 2.23. The van der Waals surface area contributed by atoms with Crippen LogP contribution in [0.15, 0.2) is 46.6 Å². The maximum absolute atomic E-state index is 12.3. The Morgan fingerprint density at radius 3 is 1.97 bits per heavy atom. The van der Waals surface area contributed by atoms with Crippen molar-refractivity contribution < 1.29 is 18.0 Å². The van der Waals surface area contributed by atoms with Gasteiger partial charge in [0.1, 0.15) is 10.6 Å². The lowest BCUT2D eigenvalue weighted by atomic mass is 10.0. The number of hydrogen-bond donors (Lipinski definition) is 2. The molecule has 188 valence electrons. The number of allylic oxidation sites excluding steroid dienone is 7. The van der Waals surface area contributed by atoms with Crippen LogP contribution in [0.3, 0.4) is 0 Å². The quantitative estimate of drug-likeness (QED) is 0.314. The Balaban J connectivity index is 5.34. The molecule has 0 saturated heterocycles. The van der Waals surface area contributed by atoms with Gasteiger partial charge in [0.05, 0.1) is 0 Å². The smallest absolute Gasteiger partial charge is 0.242 e. The summed E-state index contributed by atoms with van der Waals surface area (Å²) in [5, 5.41) is 2.38. The molecule has 33 heavy (non-hydrogen) atoms. The van der Waals surface area contributed by atoms with E-state index in [1.165, 1.54) is 29.2 Å². The number of primary amides is 1. The van der Waals surface area contributed by atoms with E-state index in [9.17, 15) is 18.0 Å². The minimum Gasteiger partial charge on any atom is -0.368 e. The fourth-order valence-corrected chi connectivity index (χ4v) is 5.87. The first-order chi connectivity index (χ1) is 15.2. The number of nitrogens with two attached hydrogens (primary N) is 1. The molecule has 0 aliphatic rings. The van der Waals surface area contributed by atoms with Crippen LogP contribution in [-0.4, -0.2) is 42.9 Å². The van der Waals surface area contributed by atoms with Gasteiger partial charge in [-0.1, -0.05) is 46.6 Å². The van der Waals surface area contributed by atoms with E-state index >= 15 is 0 Å². The first-order valence-electron chi connectivity index (χ1n) is 11.2. The number of nitrogens with one attached hydrogen (secondary N) is 1. The Kier molecular flexibility index (Phi) is 15.1. The predicted molar refractivity (Wildman–Crippen MR) is 142 cm³/mol. The van der Waals surface area contributed by atoms with Crippen LogP contribution in [-0.2, 0) is 19.4 Å². The third-order valence-corrected chi connectivity index (χ3v) is 8.35. The van der Waals surface area contributed by atoms with E-state index in [4.69, 9.17) is 5.73 Å². The molecule has 0 aromatic rings. The molecule has 8 heteroatoms. The van der Waals surface area contributed by atoms with Crippen LogP contribution < -0.4 is 11.1 Å². The van der Waals surface area contributed by atoms with Crippen LogP contribution >= 0.6 is 11.8 Å². The molecular weight excluding hydrogens is 456 g/mol. The molecule has 0 aliphatic heterocycles. The molecule has 0 aliphatic carbocycles. The zero-order chi connectivity index (χ0) is 25.6. The number of hydrogen-bond acceptors (Lipinski definition) is 5. The van der Waals surface area contributed by atoms with E-state index < -0.39 is 32.3 Å². The largest absolute Gasteiger partial charge is 0.368 e. The van der Waals surface area contributed by atoms with Crippen molar-refractivity contribution in [1.29, 1.82) is 0 Å². The summed E-state index contributed by atoms with van der Waals surface area (Å²) in [6.07, 6.45) is 14.4. The second kappa shape index (κ2) is 15.9. The molecule has 0 radical (unpaired) electrons. The summed E-state index contributed by atoms with van der Waals surface area (Å²) in [5.41, 5.74) is 10.5. The van der Waals surface area contributed by atoms with Crippen molar-refractivity contribution in [2.75, 3.05) is 12.0 Å². The fourth-order valence-electron chi connectivity index (χ4n) is 3.04. The van der Waals surface area contributed by atoms with Gasteiger partial charge in [-0.2, -0.15) is 0 Å². The van der Waals surface area contributed by atoms with Crippen molar-refractivity contribution >= 4 is 33.4 Å². The Morgan fingerprint density at radius 2 is 1.48 bits per heavy atom. The van der Waals surface area contributed by atoms with E-state index in [-0.39, 0.29) is 0 Å². The maximum Gasteiger partial charge on any atom is 0.242 e. The second-order valence-electron chi connectivity index (χ2n) is 8.87. The normalized spacial score (nSPS) is 14.3. The van der Waals surface area contributed by atoms with Crippen molar-refractivity contribution in [3.8, 4) is 0 Å². The van der Waals surface area contributed by atoms with Crippen molar-refractivity contribution in [2.24, 2.45) is 5.73 Å². The van der Waals surface area contributed by atoms with E-state index in [2.05, 4.69) is 44.3 Å². The van der Waals surface area contributed by atoms with Gasteiger partial charge >= 0.3 is 0 Å². The highest BCUT2D eigenvalue weighted by Gasteiger charge is 2.35. The van der Waals surface area contributed by atoms with E-state index in [0.717, 1.165) is 50.1 Å². The van der Waals surface area contributed by atoms with Gasteiger partial charge in [-0.3, -0.25) is 9.59 Å². The van der Waals surface area contributed by atoms with Gasteiger partial charge in [0.25, 0.3) is 0 Å². The minimum absolute atomic E-state index is 0.399. The van der Waals surface area contributed by atoms with Gasteiger partial charge in [0, 0.05) is 18.9 Å². The summed E-state index contributed by atoms with van der Waals surface area (Å²) in [6.45, 7) is 11.7. The molecule has 0 aromatic carbocycles. The number of amides is 2. The summed E-state index contributed by atoms with van der Waals surface area (Å²) in [7, 11) is -3.63. The molecule has 0 saturated carbocycles. The van der Waals surface area contributed by atoms with Crippen LogP contribution in [0, 0.1) is 0 Å². The molecule has 0 spiro atoms. The van der Waals surface area contributed by atoms with Crippen molar-refractivity contribution in [3.05, 3.63) is 46.6 Å². The molecule has 0 rings (SSSR count). The number of rotatable bonds is 15. The molecule has 6 nitrogen and oxygen atoms in total. The Bertz CT molecular complexity index is 876. The second-order valence-corrected chi connectivity index (χ2v) is 12.5. The summed E-state index contributed by atoms with van der Waals surface area (Å²) >= 11 is 1.10. The zero-order valence-corrected chi connectivity index (χ0v) is 22.9. The Morgan fingerprint density at radius 1 is 0.909 bits per heavy atom. The van der Waals surface area contributed by atoms with Crippen LogP contribution in [0.4, 0.5) is 0 Å². The molecule has 0 heterocycles. The van der Waals surface area contributed by atoms with Gasteiger partial charge in [0.2, 0.25) is 11.8 Å². The monoisotopic (exact) mass is 498 g/mol. The van der Waals surface area contributed by atoms with Gasteiger partial charge in [0.15, 0.2) is 9.84 Å². The molecule has 2 amide bonds. The van der Waals surface area contributed by atoms with Crippen molar-refractivity contribution in [2.45, 2.75) is 84.3 Å². The lowest BCUT2D eigenvalue weighted by Gasteiger charge is -2.23. The highest BCUT2D eigenvalue weighted by atomic mass is 32.3. The lowest BCUT2D eigenvalue weighted by molar-refractivity contribution is -0.125. The lowest BCUT2D eigenvalue weighted by Crippen LogP contribution is -2.52. The summed E-state index contributed by atoms with van der Waals surface area (Å²) in [6, 6.07) is -1.27.